The molecule has 2 nitrogen and oxygen atoms in total. The topological polar surface area (TPSA) is 24.1 Å². The van der Waals surface area contributed by atoms with Crippen LogP contribution in [0, 0.1) is 0 Å². The van der Waals surface area contributed by atoms with Gasteiger partial charge in [-0.2, -0.15) is 0 Å². The molecule has 0 saturated carbocycles. The molecule has 0 radical (unpaired) electrons. The third-order valence-electron chi connectivity index (χ3n) is 1.22. The van der Waals surface area contributed by atoms with Crippen molar-refractivity contribution < 1.29 is 4.39 Å². The van der Waals surface area contributed by atoms with E-state index in [1.54, 1.807) is 0 Å². The molecule has 2 N–H and O–H groups in total. The Balaban J connectivity index is 2.65. The average molecular weight is 148 g/mol. The Labute approximate surface area is 62.2 Å². The van der Waals surface area contributed by atoms with E-state index in [1.807, 2.05) is 0 Å². The Morgan fingerprint density at radius 2 is 1.80 bits per heavy atom. The maximum absolute atomic E-state index is 11.5. The molecule has 0 heterocycles. The molecule has 0 aliphatic rings. The Morgan fingerprint density at radius 3 is 2.40 bits per heavy atom. The van der Waals surface area contributed by atoms with E-state index in [1.165, 1.54) is 0 Å². The molecule has 0 aromatic heterocycles. The molecular weight excluding hydrogens is 131 g/mol. The van der Waals surface area contributed by atoms with Crippen molar-refractivity contribution in [2.75, 3.05) is 32.9 Å². The maximum Gasteiger partial charge on any atom is 0.0906 e. The second-order valence-electron chi connectivity index (χ2n) is 2.15. The molecule has 0 unspecified atom stereocenters. The first-order chi connectivity index (χ1) is 4.91. The van der Waals surface area contributed by atoms with Gasteiger partial charge in [0.2, 0.25) is 0 Å². The van der Waals surface area contributed by atoms with Crippen molar-refractivity contribution >= 4 is 0 Å². The fourth-order valence-electron chi connectivity index (χ4n) is 0.670. The predicted octanol–water partition coefficient (Wildman–Crippen LogP) is 0.545. The molecule has 0 aromatic rings. The summed E-state index contributed by atoms with van der Waals surface area (Å²) in [6.45, 7) is 5.57. The van der Waals surface area contributed by atoms with Crippen molar-refractivity contribution in [1.82, 2.24) is 10.6 Å². The highest BCUT2D eigenvalue weighted by Crippen LogP contribution is 1.74. The molecule has 0 aromatic carbocycles. The third kappa shape index (κ3) is 7.85. The zero-order valence-corrected chi connectivity index (χ0v) is 6.62. The van der Waals surface area contributed by atoms with Crippen LogP contribution in [0.15, 0.2) is 0 Å². The molecule has 0 rings (SSSR count). The van der Waals surface area contributed by atoms with Crippen LogP contribution in [0.2, 0.25) is 0 Å². The number of nitrogens with one attached hydrogen (secondary N) is 2. The van der Waals surface area contributed by atoms with Crippen LogP contribution in [-0.4, -0.2) is 32.9 Å². The van der Waals surface area contributed by atoms with E-state index in [0.29, 0.717) is 6.42 Å². The summed E-state index contributed by atoms with van der Waals surface area (Å²) < 4.78 is 11.5. The van der Waals surface area contributed by atoms with Crippen molar-refractivity contribution in [3.8, 4) is 0 Å². The summed E-state index contributed by atoms with van der Waals surface area (Å²) in [5, 5.41) is 6.29. The van der Waals surface area contributed by atoms with Gasteiger partial charge in [0.25, 0.3) is 0 Å². The molecule has 10 heavy (non-hydrogen) atoms. The van der Waals surface area contributed by atoms with Crippen LogP contribution >= 0.6 is 0 Å². The van der Waals surface area contributed by atoms with Gasteiger partial charge in [0.1, 0.15) is 0 Å². The molecule has 0 spiro atoms. The van der Waals surface area contributed by atoms with E-state index < -0.39 is 0 Å². The fraction of sp³-hybridized carbons (Fsp3) is 1.00. The summed E-state index contributed by atoms with van der Waals surface area (Å²) in [5.74, 6) is 0. The van der Waals surface area contributed by atoms with Gasteiger partial charge < -0.3 is 10.6 Å². The van der Waals surface area contributed by atoms with Crippen LogP contribution in [0.25, 0.3) is 0 Å². The van der Waals surface area contributed by atoms with E-state index in [4.69, 9.17) is 0 Å². The van der Waals surface area contributed by atoms with Crippen molar-refractivity contribution in [2.24, 2.45) is 0 Å². The highest BCUT2D eigenvalue weighted by molar-refractivity contribution is 4.49. The standard InChI is InChI=1S/C7H17FN2/c1-2-9-6-7-10-5-3-4-8/h9-10H,2-7H2,1H3. The molecule has 0 amide bonds. The summed E-state index contributed by atoms with van der Waals surface area (Å²) in [7, 11) is 0. The van der Waals surface area contributed by atoms with Crippen LogP contribution in [-0.2, 0) is 0 Å². The minimum atomic E-state index is -0.214. The van der Waals surface area contributed by atoms with E-state index in [-0.39, 0.29) is 6.67 Å². The van der Waals surface area contributed by atoms with E-state index >= 15 is 0 Å². The number of halogens is 1. The molecule has 0 saturated heterocycles. The van der Waals surface area contributed by atoms with Crippen LogP contribution in [0.4, 0.5) is 4.39 Å². The molecule has 3 heteroatoms. The number of hydrogen-bond donors (Lipinski definition) is 2. The second kappa shape index (κ2) is 8.85. The van der Waals surface area contributed by atoms with Crippen LogP contribution < -0.4 is 10.6 Å². The molecule has 0 aliphatic carbocycles. The normalized spacial score (nSPS) is 10.2. The largest absolute Gasteiger partial charge is 0.316 e. The zero-order chi connectivity index (χ0) is 7.66. The van der Waals surface area contributed by atoms with Gasteiger partial charge in [-0.25, -0.2) is 0 Å². The maximum atomic E-state index is 11.5. The van der Waals surface area contributed by atoms with Gasteiger partial charge in [-0.3, -0.25) is 4.39 Å². The number of rotatable bonds is 7. The summed E-state index contributed by atoms with van der Waals surface area (Å²) in [6, 6.07) is 0. The lowest BCUT2D eigenvalue weighted by Crippen LogP contribution is -2.27. The smallest absolute Gasteiger partial charge is 0.0906 e. The monoisotopic (exact) mass is 148 g/mol. The van der Waals surface area contributed by atoms with Gasteiger partial charge in [0.15, 0.2) is 0 Å². The van der Waals surface area contributed by atoms with Gasteiger partial charge in [-0.15, -0.1) is 0 Å². The van der Waals surface area contributed by atoms with E-state index in [9.17, 15) is 4.39 Å². The van der Waals surface area contributed by atoms with Crippen LogP contribution in [0.1, 0.15) is 13.3 Å². The van der Waals surface area contributed by atoms with E-state index in [0.717, 1.165) is 26.2 Å². The highest BCUT2D eigenvalue weighted by atomic mass is 19.1. The first-order valence-corrected chi connectivity index (χ1v) is 3.89. The van der Waals surface area contributed by atoms with Gasteiger partial charge in [0, 0.05) is 13.1 Å². The lowest BCUT2D eigenvalue weighted by atomic mass is 10.4. The summed E-state index contributed by atoms with van der Waals surface area (Å²) in [6.07, 6.45) is 0.631. The summed E-state index contributed by atoms with van der Waals surface area (Å²) >= 11 is 0. The number of likely N-dealkylation sites (N-methyl/N-ethyl adjacent to an activating group) is 1. The predicted molar refractivity (Wildman–Crippen MR) is 42.0 cm³/mol. The Hall–Kier alpha value is -0.150. The Kier molecular flexibility index (Phi) is 8.72. The lowest BCUT2D eigenvalue weighted by Gasteiger charge is -2.02. The quantitative estimate of drug-likeness (QED) is 0.515. The molecule has 62 valence electrons. The molecule has 0 fully saturated rings. The number of hydrogen-bond acceptors (Lipinski definition) is 2. The minimum absolute atomic E-state index is 0.214. The highest BCUT2D eigenvalue weighted by Gasteiger charge is 1.85. The van der Waals surface area contributed by atoms with Crippen LogP contribution in [0.3, 0.4) is 0 Å². The van der Waals surface area contributed by atoms with Crippen molar-refractivity contribution in [3.05, 3.63) is 0 Å². The SMILES string of the molecule is CCNCCNCCCF. The Bertz CT molecular complexity index is 51.6. The second-order valence-corrected chi connectivity index (χ2v) is 2.15. The Morgan fingerprint density at radius 1 is 1.10 bits per heavy atom. The molecule has 0 aliphatic heterocycles. The van der Waals surface area contributed by atoms with Crippen LogP contribution in [0.5, 0.6) is 0 Å². The third-order valence-corrected chi connectivity index (χ3v) is 1.22. The first-order valence-electron chi connectivity index (χ1n) is 3.89. The molecule has 0 atom stereocenters. The molecule has 0 bridgehead atoms. The van der Waals surface area contributed by atoms with Crippen molar-refractivity contribution in [3.63, 3.8) is 0 Å². The lowest BCUT2D eigenvalue weighted by molar-refractivity contribution is 0.458. The fourth-order valence-corrected chi connectivity index (χ4v) is 0.670. The van der Waals surface area contributed by atoms with Gasteiger partial charge in [-0.1, -0.05) is 6.92 Å². The zero-order valence-electron chi connectivity index (χ0n) is 6.62. The van der Waals surface area contributed by atoms with Gasteiger partial charge in [0.05, 0.1) is 6.67 Å². The average Bonchev–Trinajstić information content (AvgIpc) is 1.97. The van der Waals surface area contributed by atoms with Crippen molar-refractivity contribution in [1.29, 1.82) is 0 Å². The summed E-state index contributed by atoms with van der Waals surface area (Å²) in [5.41, 5.74) is 0. The summed E-state index contributed by atoms with van der Waals surface area (Å²) in [4.78, 5) is 0. The minimum Gasteiger partial charge on any atom is -0.316 e. The van der Waals surface area contributed by atoms with E-state index in [2.05, 4.69) is 17.6 Å². The first kappa shape index (κ1) is 9.85. The van der Waals surface area contributed by atoms with Gasteiger partial charge in [-0.05, 0) is 19.5 Å². The van der Waals surface area contributed by atoms with Crippen molar-refractivity contribution in [2.45, 2.75) is 13.3 Å². The number of alkyl halides is 1. The molecular formula is C7H17FN2. The van der Waals surface area contributed by atoms with Gasteiger partial charge >= 0.3 is 0 Å².